The number of fused-ring (bicyclic) bond motifs is 1. The molecular formula is C25H28FN5O2. The minimum atomic E-state index is -0.465. The first-order chi connectivity index (χ1) is 16.1. The van der Waals surface area contributed by atoms with Crippen molar-refractivity contribution in [2.24, 2.45) is 0 Å². The van der Waals surface area contributed by atoms with Gasteiger partial charge in [0, 0.05) is 44.4 Å². The van der Waals surface area contributed by atoms with E-state index in [1.807, 2.05) is 6.07 Å². The molecule has 0 radical (unpaired) electrons. The average molecular weight is 450 g/mol. The predicted octanol–water partition coefficient (Wildman–Crippen LogP) is 3.37. The molecule has 1 aromatic heterocycles. The molecule has 33 heavy (non-hydrogen) atoms. The number of aliphatic hydroxyl groups is 1. The first-order valence-electron chi connectivity index (χ1n) is 11.3. The topological polar surface area (TPSA) is 73.8 Å². The molecule has 172 valence electrons. The highest BCUT2D eigenvalue weighted by Gasteiger charge is 2.34. The second kappa shape index (κ2) is 9.33. The first-order valence-corrected chi connectivity index (χ1v) is 11.3. The highest BCUT2D eigenvalue weighted by molar-refractivity contribution is 5.65. The van der Waals surface area contributed by atoms with Crippen molar-refractivity contribution in [3.8, 4) is 5.75 Å². The van der Waals surface area contributed by atoms with Gasteiger partial charge in [-0.25, -0.2) is 14.4 Å². The van der Waals surface area contributed by atoms with Crippen molar-refractivity contribution in [2.75, 3.05) is 37.0 Å². The third kappa shape index (κ3) is 4.62. The van der Waals surface area contributed by atoms with Crippen LogP contribution in [0.1, 0.15) is 17.5 Å². The van der Waals surface area contributed by atoms with E-state index in [1.165, 1.54) is 36.7 Å². The fraction of sp³-hybridized carbons (Fsp3) is 0.360. The zero-order chi connectivity index (χ0) is 22.8. The number of rotatable bonds is 5. The number of aromatic nitrogens is 2. The number of halogens is 1. The maximum absolute atomic E-state index is 13.5. The summed E-state index contributed by atoms with van der Waals surface area (Å²) in [5, 5.41) is 14.2. The van der Waals surface area contributed by atoms with Crippen LogP contribution in [0.2, 0.25) is 0 Å². The monoisotopic (exact) mass is 449 g/mol. The lowest BCUT2D eigenvalue weighted by Gasteiger charge is -2.43. The number of aliphatic hydroxyl groups excluding tert-OH is 1. The number of methoxy groups -OCH3 is 1. The predicted molar refractivity (Wildman–Crippen MR) is 125 cm³/mol. The van der Waals surface area contributed by atoms with Gasteiger partial charge in [-0.3, -0.25) is 4.90 Å². The molecule has 0 saturated carbocycles. The molecule has 0 aliphatic carbocycles. The molecule has 1 saturated heterocycles. The van der Waals surface area contributed by atoms with Gasteiger partial charge in [-0.2, -0.15) is 0 Å². The molecule has 2 N–H and O–H groups in total. The Kier molecular flexibility index (Phi) is 6.11. The van der Waals surface area contributed by atoms with E-state index in [1.54, 1.807) is 6.07 Å². The molecule has 3 aromatic rings. The quantitative estimate of drug-likeness (QED) is 0.619. The molecule has 0 spiro atoms. The minimum Gasteiger partial charge on any atom is -0.494 e. The number of benzene rings is 2. The summed E-state index contributed by atoms with van der Waals surface area (Å²) in [6.07, 6.45) is 2.92. The molecule has 0 amide bonds. The molecule has 7 nitrogen and oxygen atoms in total. The summed E-state index contributed by atoms with van der Waals surface area (Å²) < 4.78 is 18.7. The molecule has 5 rings (SSSR count). The Balaban J connectivity index is 1.26. The number of hydrogen-bond acceptors (Lipinski definition) is 7. The summed E-state index contributed by atoms with van der Waals surface area (Å²) in [6.45, 7) is 3.17. The number of nitrogens with one attached hydrogen (secondary N) is 1. The van der Waals surface area contributed by atoms with Crippen LogP contribution in [0.25, 0.3) is 0 Å². The second-order valence-corrected chi connectivity index (χ2v) is 8.59. The van der Waals surface area contributed by atoms with Crippen molar-refractivity contribution in [1.82, 2.24) is 14.9 Å². The SMILES string of the molecule is COc1cc(F)ccc1Nc1cc(N2CC[C@H](N3CCc4ccccc4C3)[C@@H](O)C2)ncn1. The Bertz CT molecular complexity index is 1130. The number of hydrogen-bond donors (Lipinski definition) is 2. The Labute approximate surface area is 192 Å². The van der Waals surface area contributed by atoms with Gasteiger partial charge in [0.1, 0.15) is 29.5 Å². The van der Waals surface area contributed by atoms with Crippen molar-refractivity contribution >= 4 is 17.3 Å². The minimum absolute atomic E-state index is 0.137. The summed E-state index contributed by atoms with van der Waals surface area (Å²) in [5.41, 5.74) is 3.40. The van der Waals surface area contributed by atoms with Gasteiger partial charge in [0.05, 0.1) is 18.9 Å². The van der Waals surface area contributed by atoms with Crippen molar-refractivity contribution in [3.63, 3.8) is 0 Å². The number of anilines is 3. The van der Waals surface area contributed by atoms with Gasteiger partial charge in [-0.1, -0.05) is 24.3 Å². The Morgan fingerprint density at radius 3 is 2.76 bits per heavy atom. The number of nitrogens with zero attached hydrogens (tertiary/aromatic N) is 4. The summed E-state index contributed by atoms with van der Waals surface area (Å²) in [7, 11) is 1.50. The molecule has 8 heteroatoms. The van der Waals surface area contributed by atoms with Gasteiger partial charge in [0.2, 0.25) is 0 Å². The van der Waals surface area contributed by atoms with Crippen LogP contribution in [0, 0.1) is 5.82 Å². The fourth-order valence-corrected chi connectivity index (χ4v) is 4.85. The zero-order valence-electron chi connectivity index (χ0n) is 18.6. The van der Waals surface area contributed by atoms with Gasteiger partial charge in [0.25, 0.3) is 0 Å². The smallest absolute Gasteiger partial charge is 0.145 e. The van der Waals surface area contributed by atoms with Gasteiger partial charge in [-0.15, -0.1) is 0 Å². The van der Waals surface area contributed by atoms with Gasteiger partial charge >= 0.3 is 0 Å². The second-order valence-electron chi connectivity index (χ2n) is 8.59. The van der Waals surface area contributed by atoms with Crippen LogP contribution in [0.3, 0.4) is 0 Å². The molecule has 0 unspecified atom stereocenters. The van der Waals surface area contributed by atoms with E-state index in [4.69, 9.17) is 4.74 Å². The van der Waals surface area contributed by atoms with Gasteiger partial charge in [0.15, 0.2) is 0 Å². The summed E-state index contributed by atoms with van der Waals surface area (Å²) in [5.74, 6) is 1.36. The molecule has 2 aliphatic heterocycles. The normalized spacial score (nSPS) is 20.9. The maximum atomic E-state index is 13.5. The van der Waals surface area contributed by atoms with Crippen LogP contribution in [-0.2, 0) is 13.0 Å². The van der Waals surface area contributed by atoms with Crippen molar-refractivity contribution in [3.05, 3.63) is 71.8 Å². The molecule has 2 aliphatic rings. The molecule has 0 bridgehead atoms. The summed E-state index contributed by atoms with van der Waals surface area (Å²) in [4.78, 5) is 13.2. The molecular weight excluding hydrogens is 421 g/mol. The molecule has 2 atom stereocenters. The Hall–Kier alpha value is -3.23. The van der Waals surface area contributed by atoms with Crippen molar-refractivity contribution in [2.45, 2.75) is 31.5 Å². The van der Waals surface area contributed by atoms with E-state index < -0.39 is 6.10 Å². The lowest BCUT2D eigenvalue weighted by Crippen LogP contribution is -2.55. The van der Waals surface area contributed by atoms with Crippen molar-refractivity contribution in [1.29, 1.82) is 0 Å². The average Bonchev–Trinajstić information content (AvgIpc) is 2.85. The van der Waals surface area contributed by atoms with E-state index in [9.17, 15) is 9.50 Å². The highest BCUT2D eigenvalue weighted by atomic mass is 19.1. The molecule has 3 heterocycles. The van der Waals surface area contributed by atoms with E-state index in [2.05, 4.69) is 49.4 Å². The van der Waals surface area contributed by atoms with E-state index >= 15 is 0 Å². The largest absolute Gasteiger partial charge is 0.494 e. The van der Waals surface area contributed by atoms with Crippen LogP contribution >= 0.6 is 0 Å². The van der Waals surface area contributed by atoms with Gasteiger partial charge in [-0.05, 0) is 36.1 Å². The third-order valence-electron chi connectivity index (χ3n) is 6.58. The number of ether oxygens (including phenoxy) is 1. The van der Waals surface area contributed by atoms with Crippen LogP contribution < -0.4 is 15.0 Å². The number of piperidine rings is 1. The van der Waals surface area contributed by atoms with E-state index in [0.717, 1.165) is 38.3 Å². The number of β-amino-alcohol motifs (C(OH)–C–C–N with tert-alkyl or cyclic N) is 1. The van der Waals surface area contributed by atoms with Gasteiger partial charge < -0.3 is 20.1 Å². The van der Waals surface area contributed by atoms with E-state index in [-0.39, 0.29) is 11.9 Å². The summed E-state index contributed by atoms with van der Waals surface area (Å²) >= 11 is 0. The highest BCUT2D eigenvalue weighted by Crippen LogP contribution is 2.30. The standard InChI is InChI=1S/C25H28FN5O2/c1-33-23-12-19(26)6-7-20(23)29-24-13-25(28-16-27-24)31-11-9-21(22(32)15-31)30-10-8-17-4-2-3-5-18(17)14-30/h2-7,12-13,16,21-22,32H,8-11,14-15H2,1H3,(H,27,28,29)/t21-,22-/m0/s1. The van der Waals surface area contributed by atoms with Crippen molar-refractivity contribution < 1.29 is 14.2 Å². The third-order valence-corrected chi connectivity index (χ3v) is 6.58. The van der Waals surface area contributed by atoms with Crippen LogP contribution in [0.4, 0.5) is 21.7 Å². The Morgan fingerprint density at radius 1 is 1.09 bits per heavy atom. The summed E-state index contributed by atoms with van der Waals surface area (Å²) in [6, 6.07) is 14.9. The lowest BCUT2D eigenvalue weighted by molar-refractivity contribution is 0.0293. The lowest BCUT2D eigenvalue weighted by atomic mass is 9.94. The molecule has 1 fully saturated rings. The molecule has 2 aromatic carbocycles. The maximum Gasteiger partial charge on any atom is 0.145 e. The van der Waals surface area contributed by atoms with Crippen LogP contribution in [0.5, 0.6) is 5.75 Å². The zero-order valence-corrected chi connectivity index (χ0v) is 18.6. The van der Waals surface area contributed by atoms with E-state index in [0.29, 0.717) is 23.8 Å². The van der Waals surface area contributed by atoms with Crippen LogP contribution in [0.15, 0.2) is 54.9 Å². The fourth-order valence-electron chi connectivity index (χ4n) is 4.85. The van der Waals surface area contributed by atoms with Crippen LogP contribution in [-0.4, -0.2) is 58.9 Å². The first kappa shape index (κ1) is 21.6. The Morgan fingerprint density at radius 2 is 1.94 bits per heavy atom.